The molecule has 7 nitrogen and oxygen atoms in total. The molecule has 2 heterocycles. The zero-order chi connectivity index (χ0) is 17.0. The third-order valence-electron chi connectivity index (χ3n) is 4.31. The fraction of sp³-hybridized carbons (Fsp3) is 0.688. The molecule has 1 aromatic rings. The first-order valence-corrected chi connectivity index (χ1v) is 8.10. The highest BCUT2D eigenvalue weighted by molar-refractivity contribution is 5.98. The quantitative estimate of drug-likeness (QED) is 0.848. The maximum absolute atomic E-state index is 12.5. The van der Waals surface area contributed by atoms with Crippen LogP contribution in [0.4, 0.5) is 0 Å². The Kier molecular flexibility index (Phi) is 5.76. The monoisotopic (exact) mass is 322 g/mol. The van der Waals surface area contributed by atoms with Gasteiger partial charge in [-0.25, -0.2) is 0 Å². The van der Waals surface area contributed by atoms with Crippen LogP contribution in [0.25, 0.3) is 0 Å². The van der Waals surface area contributed by atoms with E-state index in [1.54, 1.807) is 13.2 Å². The maximum Gasteiger partial charge on any atom is 0.255 e. The molecule has 0 bridgehead atoms. The van der Waals surface area contributed by atoms with Crippen molar-refractivity contribution < 1.29 is 14.3 Å². The predicted molar refractivity (Wildman–Crippen MR) is 86.2 cm³/mol. The molecule has 1 saturated heterocycles. The van der Waals surface area contributed by atoms with Crippen molar-refractivity contribution in [2.45, 2.75) is 45.7 Å². The summed E-state index contributed by atoms with van der Waals surface area (Å²) in [4.78, 5) is 24.4. The summed E-state index contributed by atoms with van der Waals surface area (Å²) in [7, 11) is 1.57. The van der Waals surface area contributed by atoms with Gasteiger partial charge in [-0.3, -0.25) is 14.3 Å². The number of ether oxygens (including phenoxy) is 1. The Morgan fingerprint density at radius 3 is 2.57 bits per heavy atom. The van der Waals surface area contributed by atoms with Crippen molar-refractivity contribution in [3.8, 4) is 0 Å². The maximum atomic E-state index is 12.5. The minimum Gasteiger partial charge on any atom is -0.381 e. The molecule has 1 fully saturated rings. The van der Waals surface area contributed by atoms with Gasteiger partial charge in [0.2, 0.25) is 5.91 Å². The van der Waals surface area contributed by atoms with E-state index in [4.69, 9.17) is 4.74 Å². The number of aromatic nitrogens is 2. The molecule has 1 aliphatic rings. The van der Waals surface area contributed by atoms with E-state index >= 15 is 0 Å². The second-order valence-electron chi connectivity index (χ2n) is 6.24. The lowest BCUT2D eigenvalue weighted by Crippen LogP contribution is -2.48. The average Bonchev–Trinajstić information content (AvgIpc) is 2.94. The van der Waals surface area contributed by atoms with Gasteiger partial charge in [0.1, 0.15) is 6.04 Å². The molecular formula is C16H26N4O3. The highest BCUT2D eigenvalue weighted by Crippen LogP contribution is 2.23. The molecule has 128 valence electrons. The second-order valence-corrected chi connectivity index (χ2v) is 6.24. The molecule has 0 aromatic carbocycles. The molecule has 1 atom stereocenters. The molecule has 2 N–H and O–H groups in total. The summed E-state index contributed by atoms with van der Waals surface area (Å²) < 4.78 is 7.27. The zero-order valence-electron chi connectivity index (χ0n) is 14.3. The minimum absolute atomic E-state index is 0.00439. The van der Waals surface area contributed by atoms with Gasteiger partial charge in [-0.05, 0) is 25.7 Å². The van der Waals surface area contributed by atoms with Gasteiger partial charge in [-0.2, -0.15) is 5.10 Å². The smallest absolute Gasteiger partial charge is 0.255 e. The van der Waals surface area contributed by atoms with Gasteiger partial charge in [0.15, 0.2) is 0 Å². The van der Waals surface area contributed by atoms with E-state index in [1.165, 1.54) is 0 Å². The molecule has 0 spiro atoms. The summed E-state index contributed by atoms with van der Waals surface area (Å²) in [5.41, 5.74) is 1.35. The first kappa shape index (κ1) is 17.5. The molecule has 1 unspecified atom stereocenters. The molecule has 0 aliphatic carbocycles. The van der Waals surface area contributed by atoms with E-state index in [0.717, 1.165) is 31.7 Å². The predicted octanol–water partition coefficient (Wildman–Crippen LogP) is 1.04. The van der Waals surface area contributed by atoms with Crippen LogP contribution in [0.5, 0.6) is 0 Å². The molecular weight excluding hydrogens is 296 g/mol. The van der Waals surface area contributed by atoms with Crippen LogP contribution >= 0.6 is 0 Å². The third-order valence-corrected chi connectivity index (χ3v) is 4.31. The van der Waals surface area contributed by atoms with Crippen molar-refractivity contribution in [3.05, 3.63) is 17.5 Å². The Labute approximate surface area is 136 Å². The number of nitrogens with zero attached hydrogens (tertiary/aromatic N) is 2. The standard InChI is InChI=1S/C16H26N4O3/c1-10(2)14(16(22)17-4)19-15(21)13-9-18-20(11(13)3)12-5-7-23-8-6-12/h9-10,12,14H,5-8H2,1-4H3,(H,17,22)(H,19,21). The summed E-state index contributed by atoms with van der Waals surface area (Å²) in [6.45, 7) is 7.13. The fourth-order valence-corrected chi connectivity index (χ4v) is 2.85. The molecule has 2 amide bonds. The summed E-state index contributed by atoms with van der Waals surface area (Å²) >= 11 is 0. The zero-order valence-corrected chi connectivity index (χ0v) is 14.3. The van der Waals surface area contributed by atoms with E-state index < -0.39 is 6.04 Å². The number of likely N-dealkylation sites (N-methyl/N-ethyl adjacent to an activating group) is 1. The first-order valence-electron chi connectivity index (χ1n) is 8.10. The Hall–Kier alpha value is -1.89. The average molecular weight is 322 g/mol. The Balaban J connectivity index is 2.13. The van der Waals surface area contributed by atoms with Gasteiger partial charge in [0.25, 0.3) is 5.91 Å². The molecule has 1 aliphatic heterocycles. The van der Waals surface area contributed by atoms with Gasteiger partial charge >= 0.3 is 0 Å². The summed E-state index contributed by atoms with van der Waals surface area (Å²) in [6.07, 6.45) is 3.38. The van der Waals surface area contributed by atoms with Crippen molar-refractivity contribution in [2.24, 2.45) is 5.92 Å². The van der Waals surface area contributed by atoms with Crippen molar-refractivity contribution in [2.75, 3.05) is 20.3 Å². The lowest BCUT2D eigenvalue weighted by Gasteiger charge is -2.24. The molecule has 0 radical (unpaired) electrons. The minimum atomic E-state index is -0.557. The molecule has 7 heteroatoms. The van der Waals surface area contributed by atoms with E-state index in [1.807, 2.05) is 25.5 Å². The normalized spacial score (nSPS) is 17.1. The van der Waals surface area contributed by atoms with Crippen LogP contribution in [-0.4, -0.2) is 47.9 Å². The van der Waals surface area contributed by atoms with Crippen LogP contribution in [-0.2, 0) is 9.53 Å². The third kappa shape index (κ3) is 3.90. The summed E-state index contributed by atoms with van der Waals surface area (Å²) in [5, 5.41) is 9.78. The van der Waals surface area contributed by atoms with E-state index in [2.05, 4.69) is 15.7 Å². The van der Waals surface area contributed by atoms with Crippen molar-refractivity contribution in [1.82, 2.24) is 20.4 Å². The van der Waals surface area contributed by atoms with E-state index in [-0.39, 0.29) is 23.8 Å². The van der Waals surface area contributed by atoms with Crippen LogP contribution in [0, 0.1) is 12.8 Å². The number of carbonyl (C=O) groups is 2. The lowest BCUT2D eigenvalue weighted by molar-refractivity contribution is -0.123. The number of amides is 2. The molecule has 23 heavy (non-hydrogen) atoms. The number of carbonyl (C=O) groups excluding carboxylic acids is 2. The van der Waals surface area contributed by atoms with Gasteiger partial charge in [-0.15, -0.1) is 0 Å². The molecule has 1 aromatic heterocycles. The first-order chi connectivity index (χ1) is 11.0. The SMILES string of the molecule is CNC(=O)C(NC(=O)c1cnn(C2CCOCC2)c1C)C(C)C. The summed E-state index contributed by atoms with van der Waals surface area (Å²) in [5.74, 6) is -0.448. The Bertz CT molecular complexity index is 562. The number of hydrogen-bond acceptors (Lipinski definition) is 4. The van der Waals surface area contributed by atoms with Crippen molar-refractivity contribution >= 4 is 11.8 Å². The highest BCUT2D eigenvalue weighted by Gasteiger charge is 2.26. The molecule has 0 saturated carbocycles. The number of hydrogen-bond donors (Lipinski definition) is 2. The number of nitrogens with one attached hydrogen (secondary N) is 2. The van der Waals surface area contributed by atoms with Crippen LogP contribution in [0.15, 0.2) is 6.20 Å². The summed E-state index contributed by atoms with van der Waals surface area (Å²) in [6, 6.07) is -0.288. The van der Waals surface area contributed by atoms with Crippen LogP contribution in [0.1, 0.15) is 48.8 Å². The van der Waals surface area contributed by atoms with Gasteiger partial charge in [0, 0.05) is 26.0 Å². The fourth-order valence-electron chi connectivity index (χ4n) is 2.85. The van der Waals surface area contributed by atoms with Crippen molar-refractivity contribution in [1.29, 1.82) is 0 Å². The van der Waals surface area contributed by atoms with Crippen molar-refractivity contribution in [3.63, 3.8) is 0 Å². The van der Waals surface area contributed by atoms with E-state index in [9.17, 15) is 9.59 Å². The second kappa shape index (κ2) is 7.59. The van der Waals surface area contributed by atoms with Crippen LogP contribution in [0.2, 0.25) is 0 Å². The van der Waals surface area contributed by atoms with E-state index in [0.29, 0.717) is 5.56 Å². The largest absolute Gasteiger partial charge is 0.381 e. The number of rotatable bonds is 5. The lowest BCUT2D eigenvalue weighted by atomic mass is 10.0. The van der Waals surface area contributed by atoms with Gasteiger partial charge in [0.05, 0.1) is 17.8 Å². The van der Waals surface area contributed by atoms with Gasteiger partial charge < -0.3 is 15.4 Å². The van der Waals surface area contributed by atoms with Gasteiger partial charge in [-0.1, -0.05) is 13.8 Å². The van der Waals surface area contributed by atoms with Crippen LogP contribution < -0.4 is 10.6 Å². The highest BCUT2D eigenvalue weighted by atomic mass is 16.5. The molecule has 2 rings (SSSR count). The Morgan fingerprint density at radius 1 is 1.35 bits per heavy atom. The van der Waals surface area contributed by atoms with Crippen LogP contribution in [0.3, 0.4) is 0 Å². The topological polar surface area (TPSA) is 85.3 Å². The Morgan fingerprint density at radius 2 is 2.00 bits per heavy atom.